The molecule has 8 nitrogen and oxygen atoms in total. The summed E-state index contributed by atoms with van der Waals surface area (Å²) in [5, 5.41) is 0. The fourth-order valence-corrected chi connectivity index (χ4v) is 4.34. The van der Waals surface area contributed by atoms with E-state index in [1.54, 1.807) is 0 Å². The molecule has 2 amide bonds. The van der Waals surface area contributed by atoms with Crippen LogP contribution in [0.1, 0.15) is 53.4 Å². The van der Waals surface area contributed by atoms with Crippen molar-refractivity contribution in [2.24, 2.45) is 5.73 Å². The quantitative estimate of drug-likeness (QED) is 0.248. The van der Waals surface area contributed by atoms with Gasteiger partial charge in [0, 0.05) is 25.4 Å². The number of carbonyl (C=O) groups is 4. The number of ether oxygens (including phenoxy) is 2. The minimum Gasteiger partial charge on any atom is -0.465 e. The Morgan fingerprint density at radius 2 is 1.32 bits per heavy atom. The van der Waals surface area contributed by atoms with Gasteiger partial charge in [-0.05, 0) is 12.8 Å². The summed E-state index contributed by atoms with van der Waals surface area (Å²) in [4.78, 5) is 48.6. The second kappa shape index (κ2) is 15.6. The molecule has 2 atom stereocenters. The van der Waals surface area contributed by atoms with Crippen molar-refractivity contribution in [1.29, 1.82) is 0 Å². The van der Waals surface area contributed by atoms with Crippen LogP contribution in [0.2, 0.25) is 0 Å². The lowest BCUT2D eigenvalue weighted by Gasteiger charge is -2.26. The molecule has 0 radical (unpaired) electrons. The normalized spacial score (nSPS) is 12.8. The molecular formula is C18H32N2O6S2. The average molecular weight is 437 g/mol. The first-order valence-corrected chi connectivity index (χ1v) is 11.9. The number of rotatable bonds is 14. The third-order valence-electron chi connectivity index (χ3n) is 3.61. The molecular weight excluding hydrogens is 404 g/mol. The third kappa shape index (κ3) is 10.9. The van der Waals surface area contributed by atoms with E-state index < -0.39 is 35.8 Å². The minimum atomic E-state index is -1.02. The van der Waals surface area contributed by atoms with E-state index >= 15 is 0 Å². The molecule has 28 heavy (non-hydrogen) atoms. The van der Waals surface area contributed by atoms with E-state index in [-0.39, 0.29) is 18.1 Å². The van der Waals surface area contributed by atoms with E-state index in [9.17, 15) is 19.2 Å². The molecule has 162 valence electrons. The average Bonchev–Trinajstić information content (AvgIpc) is 2.63. The van der Waals surface area contributed by atoms with Gasteiger partial charge < -0.3 is 15.2 Å². The Morgan fingerprint density at radius 1 is 0.857 bits per heavy atom. The summed E-state index contributed by atoms with van der Waals surface area (Å²) in [6, 6.07) is -1.79. The van der Waals surface area contributed by atoms with Crippen molar-refractivity contribution in [3.05, 3.63) is 0 Å². The second-order valence-corrected chi connectivity index (χ2v) is 8.69. The van der Waals surface area contributed by atoms with Crippen molar-refractivity contribution >= 4 is 45.3 Å². The first-order valence-electron chi connectivity index (χ1n) is 9.39. The van der Waals surface area contributed by atoms with E-state index in [4.69, 9.17) is 15.2 Å². The van der Waals surface area contributed by atoms with Gasteiger partial charge in [-0.2, -0.15) is 0 Å². The molecule has 0 aromatic rings. The lowest BCUT2D eigenvalue weighted by molar-refractivity contribution is -0.159. The van der Waals surface area contributed by atoms with Crippen LogP contribution in [-0.4, -0.2) is 65.5 Å². The lowest BCUT2D eigenvalue weighted by Crippen LogP contribution is -2.49. The van der Waals surface area contributed by atoms with Crippen LogP contribution in [0.25, 0.3) is 0 Å². The number of hydrogen-bond acceptors (Lipinski definition) is 9. The zero-order valence-electron chi connectivity index (χ0n) is 17.1. The highest BCUT2D eigenvalue weighted by Crippen LogP contribution is 2.25. The van der Waals surface area contributed by atoms with Crippen LogP contribution >= 0.6 is 21.6 Å². The van der Waals surface area contributed by atoms with Gasteiger partial charge in [0.25, 0.3) is 0 Å². The monoisotopic (exact) mass is 436 g/mol. The summed E-state index contributed by atoms with van der Waals surface area (Å²) in [5.41, 5.74) is 5.79. The van der Waals surface area contributed by atoms with Gasteiger partial charge in [0.15, 0.2) is 0 Å². The fourth-order valence-electron chi connectivity index (χ4n) is 2.05. The van der Waals surface area contributed by atoms with Gasteiger partial charge in [0.1, 0.15) is 12.1 Å². The number of nitrogens with two attached hydrogens (primary N) is 1. The van der Waals surface area contributed by atoms with Crippen molar-refractivity contribution in [3.63, 3.8) is 0 Å². The van der Waals surface area contributed by atoms with Crippen LogP contribution in [0.5, 0.6) is 0 Å². The van der Waals surface area contributed by atoms with Crippen molar-refractivity contribution in [2.45, 2.75) is 65.5 Å². The summed E-state index contributed by atoms with van der Waals surface area (Å²) in [6.45, 7) is 7.00. The largest absolute Gasteiger partial charge is 0.465 e. The highest BCUT2D eigenvalue weighted by Gasteiger charge is 2.32. The topological polar surface area (TPSA) is 116 Å². The molecule has 0 heterocycles. The molecule has 10 heteroatoms. The Morgan fingerprint density at radius 3 is 1.79 bits per heavy atom. The van der Waals surface area contributed by atoms with Gasteiger partial charge in [0.05, 0.1) is 13.2 Å². The summed E-state index contributed by atoms with van der Waals surface area (Å²) < 4.78 is 10.2. The molecule has 0 fully saturated rings. The molecule has 0 saturated heterocycles. The molecule has 0 aromatic heterocycles. The maximum Gasteiger partial charge on any atom is 0.330 e. The van der Waals surface area contributed by atoms with E-state index in [1.807, 2.05) is 13.8 Å². The summed E-state index contributed by atoms with van der Waals surface area (Å²) in [7, 11) is 2.53. The number of carbonyl (C=O) groups excluding carboxylic acids is 4. The van der Waals surface area contributed by atoms with Crippen LogP contribution in [0, 0.1) is 0 Å². The number of esters is 2. The van der Waals surface area contributed by atoms with Gasteiger partial charge in [-0.3, -0.25) is 19.3 Å². The van der Waals surface area contributed by atoms with Gasteiger partial charge in [-0.1, -0.05) is 48.3 Å². The number of unbranched alkanes of at least 4 members (excludes halogenated alkanes) is 2. The SMILES string of the molecule is CCCCOC(=O)C(N)CSSC[C@@H](C(=O)OCCCC)N(C(C)=O)C(C)=O. The first-order chi connectivity index (χ1) is 13.3. The minimum absolute atomic E-state index is 0.145. The van der Waals surface area contributed by atoms with E-state index in [2.05, 4.69) is 0 Å². The Bertz CT molecular complexity index is 504. The van der Waals surface area contributed by atoms with E-state index in [0.717, 1.165) is 24.2 Å². The van der Waals surface area contributed by atoms with Crippen LogP contribution < -0.4 is 5.73 Å². The Balaban J connectivity index is 4.66. The second-order valence-electron chi connectivity index (χ2n) is 6.14. The summed E-state index contributed by atoms with van der Waals surface area (Å²) in [6.07, 6.45) is 3.27. The lowest BCUT2D eigenvalue weighted by atomic mass is 10.2. The Hall–Kier alpha value is -1.26. The first kappa shape index (κ1) is 26.7. The van der Waals surface area contributed by atoms with E-state index in [0.29, 0.717) is 13.0 Å². The smallest absolute Gasteiger partial charge is 0.330 e. The van der Waals surface area contributed by atoms with Crippen LogP contribution in [0.4, 0.5) is 0 Å². The number of amides is 2. The van der Waals surface area contributed by atoms with Crippen molar-refractivity contribution in [3.8, 4) is 0 Å². The number of nitrogens with zero attached hydrogens (tertiary/aromatic N) is 1. The Labute approximate surface area is 175 Å². The molecule has 0 rings (SSSR count). The van der Waals surface area contributed by atoms with Crippen LogP contribution in [0.15, 0.2) is 0 Å². The molecule has 1 unspecified atom stereocenters. The Kier molecular flexibility index (Phi) is 14.9. The predicted octanol–water partition coefficient (Wildman–Crippen LogP) is 2.15. The van der Waals surface area contributed by atoms with Crippen molar-refractivity contribution in [2.75, 3.05) is 24.7 Å². The molecule has 0 bridgehead atoms. The maximum atomic E-state index is 12.4. The molecule has 0 saturated carbocycles. The molecule has 0 spiro atoms. The van der Waals surface area contributed by atoms with Gasteiger partial charge in [-0.25, -0.2) is 4.79 Å². The van der Waals surface area contributed by atoms with Crippen LogP contribution in [0.3, 0.4) is 0 Å². The molecule has 2 N–H and O–H groups in total. The standard InChI is InChI=1S/C18H32N2O6S2/c1-5-7-9-25-17(23)15(19)11-27-28-12-16(18(24)26-10-8-6-2)20(13(3)21)14(4)22/h15-16H,5-12,19H2,1-4H3/t15?,16-/m0/s1. The van der Waals surface area contributed by atoms with Gasteiger partial charge in [-0.15, -0.1) is 0 Å². The van der Waals surface area contributed by atoms with Crippen molar-refractivity contribution < 1.29 is 28.7 Å². The predicted molar refractivity (Wildman–Crippen MR) is 112 cm³/mol. The number of imide groups is 1. The zero-order valence-corrected chi connectivity index (χ0v) is 18.7. The highest BCUT2D eigenvalue weighted by atomic mass is 33.1. The third-order valence-corrected chi connectivity index (χ3v) is 6.04. The maximum absolute atomic E-state index is 12.4. The molecule has 0 aliphatic rings. The van der Waals surface area contributed by atoms with Crippen molar-refractivity contribution in [1.82, 2.24) is 4.90 Å². The zero-order chi connectivity index (χ0) is 21.5. The molecule has 0 aliphatic carbocycles. The molecule has 0 aliphatic heterocycles. The molecule has 0 aromatic carbocycles. The number of hydrogen-bond donors (Lipinski definition) is 1. The van der Waals surface area contributed by atoms with Gasteiger partial charge in [0.2, 0.25) is 11.8 Å². The van der Waals surface area contributed by atoms with Gasteiger partial charge >= 0.3 is 11.9 Å². The van der Waals surface area contributed by atoms with Crippen LogP contribution in [-0.2, 0) is 28.7 Å². The highest BCUT2D eigenvalue weighted by molar-refractivity contribution is 8.76. The van der Waals surface area contributed by atoms with E-state index in [1.165, 1.54) is 35.4 Å². The summed E-state index contributed by atoms with van der Waals surface area (Å²) in [5.74, 6) is -1.69. The fraction of sp³-hybridized carbons (Fsp3) is 0.778. The summed E-state index contributed by atoms with van der Waals surface area (Å²) >= 11 is 0.